The molecule has 2 aromatic rings. The highest BCUT2D eigenvalue weighted by Gasteiger charge is 2.45. The van der Waals surface area contributed by atoms with E-state index in [1.54, 1.807) is 0 Å². The van der Waals surface area contributed by atoms with Crippen LogP contribution < -0.4 is 0 Å². The lowest BCUT2D eigenvalue weighted by atomic mass is 9.92. The molecule has 1 aromatic carbocycles. The second kappa shape index (κ2) is 5.18. The first-order valence-electron chi connectivity index (χ1n) is 8.02. The van der Waals surface area contributed by atoms with Crippen LogP contribution in [0.2, 0.25) is 0 Å². The van der Waals surface area contributed by atoms with Gasteiger partial charge in [0.25, 0.3) is 0 Å². The summed E-state index contributed by atoms with van der Waals surface area (Å²) in [5, 5.41) is 7.36. The highest BCUT2D eigenvalue weighted by Crippen LogP contribution is 2.43. The van der Waals surface area contributed by atoms with E-state index in [0.29, 0.717) is 5.92 Å². The molecule has 0 amide bonds. The third-order valence-corrected chi connectivity index (χ3v) is 4.76. The smallest absolute Gasteiger partial charge is 0.153 e. The molecule has 0 bridgehead atoms. The number of nitrogens with zero attached hydrogens (tertiary/aromatic N) is 3. The van der Waals surface area contributed by atoms with E-state index in [9.17, 15) is 0 Å². The number of benzene rings is 1. The quantitative estimate of drug-likeness (QED) is 0.946. The Morgan fingerprint density at radius 1 is 1.36 bits per heavy atom. The predicted octanol–water partition coefficient (Wildman–Crippen LogP) is 2.56. The van der Waals surface area contributed by atoms with Crippen molar-refractivity contribution < 1.29 is 4.74 Å². The average molecular weight is 298 g/mol. The van der Waals surface area contributed by atoms with Gasteiger partial charge in [-0.3, -0.25) is 10.00 Å². The monoisotopic (exact) mass is 298 g/mol. The molecule has 1 saturated heterocycles. The van der Waals surface area contributed by atoms with Crippen LogP contribution in [0.1, 0.15) is 49.0 Å². The van der Waals surface area contributed by atoms with Crippen LogP contribution in [0.25, 0.3) is 0 Å². The molecule has 22 heavy (non-hydrogen) atoms. The average Bonchev–Trinajstić information content (AvgIpc) is 3.22. The molecule has 2 aliphatic heterocycles. The summed E-state index contributed by atoms with van der Waals surface area (Å²) in [6.07, 6.45) is 1.05. The van der Waals surface area contributed by atoms with Gasteiger partial charge in [0, 0.05) is 19.0 Å². The minimum absolute atomic E-state index is 0.114. The van der Waals surface area contributed by atoms with E-state index in [0.717, 1.165) is 44.3 Å². The van der Waals surface area contributed by atoms with Crippen LogP contribution in [0.15, 0.2) is 24.3 Å². The molecule has 0 saturated carbocycles. The van der Waals surface area contributed by atoms with E-state index in [2.05, 4.69) is 58.2 Å². The molecule has 2 aliphatic rings. The highest BCUT2D eigenvalue weighted by atomic mass is 16.5. The summed E-state index contributed by atoms with van der Waals surface area (Å²) < 4.78 is 6.20. The number of hydrogen-bond donors (Lipinski definition) is 1. The summed E-state index contributed by atoms with van der Waals surface area (Å²) in [5.74, 6) is 2.21. The SMILES string of the molecule is CC(C)c1n[nH]c(CN2CCC3(C2)OCc2ccccc23)n1. The van der Waals surface area contributed by atoms with E-state index in [1.807, 2.05) is 0 Å². The van der Waals surface area contributed by atoms with Crippen molar-refractivity contribution in [3.8, 4) is 0 Å². The molecule has 1 N–H and O–H groups in total. The first kappa shape index (κ1) is 13.9. The number of rotatable bonds is 3. The summed E-state index contributed by atoms with van der Waals surface area (Å²) in [5.41, 5.74) is 2.60. The molecule has 5 heteroatoms. The number of H-pyrrole nitrogens is 1. The zero-order valence-corrected chi connectivity index (χ0v) is 13.2. The molecule has 4 rings (SSSR count). The van der Waals surface area contributed by atoms with Gasteiger partial charge in [0.2, 0.25) is 0 Å². The standard InChI is InChI=1S/C17H22N4O/c1-12(2)16-18-15(19-20-16)9-21-8-7-17(11-21)14-6-4-3-5-13(14)10-22-17/h3-6,12H,7-11H2,1-2H3,(H,18,19,20). The van der Waals surface area contributed by atoms with Crippen LogP contribution in [0.4, 0.5) is 0 Å². The van der Waals surface area contributed by atoms with Crippen molar-refractivity contribution in [2.45, 2.75) is 44.9 Å². The van der Waals surface area contributed by atoms with E-state index < -0.39 is 0 Å². The molecule has 1 spiro atoms. The van der Waals surface area contributed by atoms with Gasteiger partial charge < -0.3 is 4.74 Å². The first-order valence-corrected chi connectivity index (χ1v) is 8.02. The van der Waals surface area contributed by atoms with Gasteiger partial charge in [-0.25, -0.2) is 4.98 Å². The van der Waals surface area contributed by atoms with Gasteiger partial charge in [-0.1, -0.05) is 38.1 Å². The maximum atomic E-state index is 6.20. The molecule has 0 aliphatic carbocycles. The number of likely N-dealkylation sites (tertiary alicyclic amines) is 1. The molecule has 1 aromatic heterocycles. The molecule has 116 valence electrons. The minimum Gasteiger partial charge on any atom is -0.364 e. The van der Waals surface area contributed by atoms with Gasteiger partial charge in [-0.15, -0.1) is 0 Å². The molecular weight excluding hydrogens is 276 g/mol. The lowest BCUT2D eigenvalue weighted by molar-refractivity contribution is -0.0300. The van der Waals surface area contributed by atoms with E-state index in [4.69, 9.17) is 4.74 Å². The third-order valence-electron chi connectivity index (χ3n) is 4.76. The first-order chi connectivity index (χ1) is 10.7. The largest absolute Gasteiger partial charge is 0.364 e. The van der Waals surface area contributed by atoms with Crippen molar-refractivity contribution in [2.75, 3.05) is 13.1 Å². The Morgan fingerprint density at radius 3 is 3.05 bits per heavy atom. The molecule has 0 radical (unpaired) electrons. The molecule has 1 unspecified atom stereocenters. The minimum atomic E-state index is -0.114. The van der Waals surface area contributed by atoms with Crippen LogP contribution in [0, 0.1) is 0 Å². The fourth-order valence-corrected chi connectivity index (χ4v) is 3.57. The predicted molar refractivity (Wildman–Crippen MR) is 83.3 cm³/mol. The summed E-state index contributed by atoms with van der Waals surface area (Å²) in [7, 11) is 0. The normalized spacial score (nSPS) is 24.5. The van der Waals surface area contributed by atoms with Gasteiger partial charge in [0.1, 0.15) is 11.4 Å². The number of fused-ring (bicyclic) bond motifs is 2. The Labute approximate surface area is 130 Å². The zero-order chi connectivity index (χ0) is 15.2. The summed E-state index contributed by atoms with van der Waals surface area (Å²) in [4.78, 5) is 6.99. The van der Waals surface area contributed by atoms with Crippen molar-refractivity contribution in [2.24, 2.45) is 0 Å². The lowest BCUT2D eigenvalue weighted by Gasteiger charge is -2.24. The fraction of sp³-hybridized carbons (Fsp3) is 0.529. The summed E-state index contributed by atoms with van der Waals surface area (Å²) in [6, 6.07) is 8.61. The van der Waals surface area contributed by atoms with E-state index in [1.165, 1.54) is 11.1 Å². The Kier molecular flexibility index (Phi) is 3.27. The number of nitrogens with one attached hydrogen (secondary N) is 1. The van der Waals surface area contributed by atoms with Gasteiger partial charge in [0.05, 0.1) is 13.2 Å². The van der Waals surface area contributed by atoms with Crippen molar-refractivity contribution in [3.05, 3.63) is 47.0 Å². The maximum Gasteiger partial charge on any atom is 0.153 e. The van der Waals surface area contributed by atoms with Crippen molar-refractivity contribution >= 4 is 0 Å². The second-order valence-corrected chi connectivity index (χ2v) is 6.70. The zero-order valence-electron chi connectivity index (χ0n) is 13.2. The Balaban J connectivity index is 1.49. The molecule has 3 heterocycles. The van der Waals surface area contributed by atoms with Gasteiger partial charge in [-0.2, -0.15) is 5.10 Å². The van der Waals surface area contributed by atoms with Crippen LogP contribution in [0.5, 0.6) is 0 Å². The topological polar surface area (TPSA) is 54.0 Å². The lowest BCUT2D eigenvalue weighted by Crippen LogP contribution is -2.30. The third kappa shape index (κ3) is 2.25. The van der Waals surface area contributed by atoms with Crippen LogP contribution in [-0.4, -0.2) is 33.2 Å². The van der Waals surface area contributed by atoms with Crippen LogP contribution in [-0.2, 0) is 23.5 Å². The maximum absolute atomic E-state index is 6.20. The summed E-state index contributed by atoms with van der Waals surface area (Å²) in [6.45, 7) is 7.74. The van der Waals surface area contributed by atoms with Crippen molar-refractivity contribution in [1.29, 1.82) is 0 Å². The molecule has 1 atom stereocenters. The molecule has 5 nitrogen and oxygen atoms in total. The highest BCUT2D eigenvalue weighted by molar-refractivity contribution is 5.36. The van der Waals surface area contributed by atoms with Gasteiger partial charge >= 0.3 is 0 Å². The Hall–Kier alpha value is -1.72. The van der Waals surface area contributed by atoms with Gasteiger partial charge in [-0.05, 0) is 17.5 Å². The number of aromatic nitrogens is 3. The van der Waals surface area contributed by atoms with E-state index in [-0.39, 0.29) is 5.60 Å². The number of ether oxygens (including phenoxy) is 1. The number of hydrogen-bond acceptors (Lipinski definition) is 4. The Morgan fingerprint density at radius 2 is 2.23 bits per heavy atom. The van der Waals surface area contributed by atoms with Crippen molar-refractivity contribution in [1.82, 2.24) is 20.1 Å². The molecule has 1 fully saturated rings. The molecular formula is C17H22N4O. The van der Waals surface area contributed by atoms with Crippen LogP contribution in [0.3, 0.4) is 0 Å². The second-order valence-electron chi connectivity index (χ2n) is 6.70. The van der Waals surface area contributed by atoms with Gasteiger partial charge in [0.15, 0.2) is 5.82 Å². The fourth-order valence-electron chi connectivity index (χ4n) is 3.57. The number of aromatic amines is 1. The van der Waals surface area contributed by atoms with E-state index >= 15 is 0 Å². The summed E-state index contributed by atoms with van der Waals surface area (Å²) >= 11 is 0. The Bertz CT molecular complexity index is 681. The van der Waals surface area contributed by atoms with Crippen molar-refractivity contribution in [3.63, 3.8) is 0 Å². The van der Waals surface area contributed by atoms with Crippen LogP contribution >= 0.6 is 0 Å².